The topological polar surface area (TPSA) is 56.8 Å². The average molecular weight is 289 g/mol. The number of hydrogen-bond donors (Lipinski definition) is 1. The lowest BCUT2D eigenvalue weighted by molar-refractivity contribution is -0.139. The molecule has 1 N–H and O–H groups in total. The van der Waals surface area contributed by atoms with E-state index in [-0.39, 0.29) is 13.1 Å². The molecule has 0 atom stereocenters. The minimum Gasteiger partial charge on any atom is -0.468 e. The number of carbonyl (C=O) groups is 1. The van der Waals surface area contributed by atoms with Gasteiger partial charge in [0, 0.05) is 26.3 Å². The van der Waals surface area contributed by atoms with Gasteiger partial charge in [0.2, 0.25) is 0 Å². The van der Waals surface area contributed by atoms with Crippen molar-refractivity contribution >= 4 is 5.97 Å². The summed E-state index contributed by atoms with van der Waals surface area (Å²) in [6.07, 6.45) is -0.819. The van der Waals surface area contributed by atoms with E-state index in [1.807, 2.05) is 0 Å². The molecule has 0 aliphatic heterocycles. The molecule has 0 amide bonds. The number of rotatable bonds is 7. The van der Waals surface area contributed by atoms with E-state index in [9.17, 15) is 13.6 Å². The van der Waals surface area contributed by atoms with Crippen LogP contribution in [0.4, 0.5) is 8.78 Å². The maximum absolute atomic E-state index is 13.3. The Morgan fingerprint density at radius 1 is 1.20 bits per heavy atom. The van der Waals surface area contributed by atoms with Crippen LogP contribution in [-0.2, 0) is 25.5 Å². The van der Waals surface area contributed by atoms with Gasteiger partial charge in [-0.05, 0) is 17.7 Å². The van der Waals surface area contributed by atoms with E-state index in [1.165, 1.54) is 21.3 Å². The number of halogens is 2. The van der Waals surface area contributed by atoms with Gasteiger partial charge in [-0.15, -0.1) is 0 Å². The van der Waals surface area contributed by atoms with Gasteiger partial charge in [-0.3, -0.25) is 4.79 Å². The molecule has 0 saturated carbocycles. The highest BCUT2D eigenvalue weighted by molar-refractivity contribution is 5.71. The third-order valence-corrected chi connectivity index (χ3v) is 2.68. The Hall–Kier alpha value is -1.57. The first-order valence-electron chi connectivity index (χ1n) is 5.84. The molecule has 0 heterocycles. The number of nitrogens with one attached hydrogen (secondary N) is 1. The Kier molecular flexibility index (Phi) is 6.50. The molecule has 5 nitrogen and oxygen atoms in total. The Bertz CT molecular complexity index is 464. The summed E-state index contributed by atoms with van der Waals surface area (Å²) < 4.78 is 41.2. The van der Waals surface area contributed by atoms with Gasteiger partial charge in [-0.25, -0.2) is 8.78 Å². The fraction of sp³-hybridized carbons (Fsp3) is 0.462. The average Bonchev–Trinajstić information content (AvgIpc) is 2.44. The van der Waals surface area contributed by atoms with Gasteiger partial charge in [0.15, 0.2) is 17.9 Å². The number of benzene rings is 1. The zero-order chi connectivity index (χ0) is 15.1. The highest BCUT2D eigenvalue weighted by Gasteiger charge is 2.18. The maximum Gasteiger partial charge on any atom is 0.319 e. The molecule has 0 bridgehead atoms. The summed E-state index contributed by atoms with van der Waals surface area (Å²) in [5.41, 5.74) is 0.785. The Balaban J connectivity index is 2.91. The predicted octanol–water partition coefficient (Wildman–Crippen LogP) is 1.52. The summed E-state index contributed by atoms with van der Waals surface area (Å²) >= 11 is 0. The Morgan fingerprint density at radius 2 is 1.80 bits per heavy atom. The van der Waals surface area contributed by atoms with Crippen LogP contribution >= 0.6 is 0 Å². The zero-order valence-corrected chi connectivity index (χ0v) is 11.5. The number of hydrogen-bond acceptors (Lipinski definition) is 5. The maximum atomic E-state index is 13.3. The van der Waals surface area contributed by atoms with Crippen molar-refractivity contribution in [3.63, 3.8) is 0 Å². The van der Waals surface area contributed by atoms with Crippen molar-refractivity contribution < 1.29 is 27.8 Å². The molecule has 7 heteroatoms. The quantitative estimate of drug-likeness (QED) is 0.609. The van der Waals surface area contributed by atoms with Crippen LogP contribution in [0.3, 0.4) is 0 Å². The van der Waals surface area contributed by atoms with Crippen molar-refractivity contribution in [3.8, 4) is 0 Å². The van der Waals surface area contributed by atoms with Crippen molar-refractivity contribution in [2.45, 2.75) is 12.8 Å². The molecule has 0 aliphatic carbocycles. The van der Waals surface area contributed by atoms with E-state index in [0.29, 0.717) is 11.1 Å². The van der Waals surface area contributed by atoms with Crippen molar-refractivity contribution in [2.24, 2.45) is 0 Å². The van der Waals surface area contributed by atoms with Crippen molar-refractivity contribution in [2.75, 3.05) is 27.9 Å². The second kappa shape index (κ2) is 7.88. The first kappa shape index (κ1) is 16.5. The van der Waals surface area contributed by atoms with Gasteiger partial charge < -0.3 is 19.5 Å². The van der Waals surface area contributed by atoms with E-state index in [2.05, 4.69) is 10.1 Å². The fourth-order valence-corrected chi connectivity index (χ4v) is 1.70. The fourth-order valence-electron chi connectivity index (χ4n) is 1.70. The first-order valence-corrected chi connectivity index (χ1v) is 5.84. The van der Waals surface area contributed by atoms with Gasteiger partial charge >= 0.3 is 5.97 Å². The lowest BCUT2D eigenvalue weighted by Gasteiger charge is -2.18. The molecule has 0 unspecified atom stereocenters. The smallest absolute Gasteiger partial charge is 0.319 e. The molecular weight excluding hydrogens is 272 g/mol. The lowest BCUT2D eigenvalue weighted by atomic mass is 10.1. The summed E-state index contributed by atoms with van der Waals surface area (Å²) in [7, 11) is 4.04. The van der Waals surface area contributed by atoms with Crippen LogP contribution in [0.5, 0.6) is 0 Å². The Morgan fingerprint density at radius 3 is 2.35 bits per heavy atom. The van der Waals surface area contributed by atoms with Crippen LogP contribution < -0.4 is 5.32 Å². The second-order valence-corrected chi connectivity index (χ2v) is 3.95. The molecule has 0 aromatic heterocycles. The Labute approximate surface area is 115 Å². The molecule has 0 saturated heterocycles. The van der Waals surface area contributed by atoms with Gasteiger partial charge in [0.05, 0.1) is 13.7 Å². The number of methoxy groups -OCH3 is 3. The van der Waals surface area contributed by atoms with E-state index in [0.717, 1.165) is 12.1 Å². The van der Waals surface area contributed by atoms with Crippen molar-refractivity contribution in [1.29, 1.82) is 0 Å². The van der Waals surface area contributed by atoms with E-state index < -0.39 is 23.9 Å². The lowest BCUT2D eigenvalue weighted by Crippen LogP contribution is -2.24. The van der Waals surface area contributed by atoms with Crippen LogP contribution in [-0.4, -0.2) is 33.8 Å². The van der Waals surface area contributed by atoms with Crippen LogP contribution in [0, 0.1) is 11.6 Å². The summed E-state index contributed by atoms with van der Waals surface area (Å²) in [5, 5.41) is 2.77. The van der Waals surface area contributed by atoms with Gasteiger partial charge in [0.25, 0.3) is 0 Å². The summed E-state index contributed by atoms with van der Waals surface area (Å²) in [6, 6.07) is 2.06. The summed E-state index contributed by atoms with van der Waals surface area (Å²) in [6.45, 7) is 0.102. The third kappa shape index (κ3) is 4.22. The number of ether oxygens (including phenoxy) is 3. The largest absolute Gasteiger partial charge is 0.468 e. The molecule has 1 aromatic carbocycles. The predicted molar refractivity (Wildman–Crippen MR) is 66.8 cm³/mol. The molecule has 20 heavy (non-hydrogen) atoms. The van der Waals surface area contributed by atoms with Gasteiger partial charge in [-0.2, -0.15) is 0 Å². The second-order valence-electron chi connectivity index (χ2n) is 3.95. The minimum atomic E-state index is -0.990. The van der Waals surface area contributed by atoms with Crippen molar-refractivity contribution in [1.82, 2.24) is 5.32 Å². The van der Waals surface area contributed by atoms with Gasteiger partial charge in [-0.1, -0.05) is 0 Å². The number of esters is 1. The monoisotopic (exact) mass is 289 g/mol. The van der Waals surface area contributed by atoms with E-state index in [4.69, 9.17) is 9.47 Å². The highest BCUT2D eigenvalue weighted by atomic mass is 19.2. The summed E-state index contributed by atoms with van der Waals surface area (Å²) in [5.74, 6) is -2.42. The minimum absolute atomic E-state index is 0.0421. The normalized spacial score (nSPS) is 10.9. The molecule has 0 aliphatic rings. The standard InChI is InChI=1S/C13H17F2NO4/c1-18-12(17)7-16-6-8-4-10(14)11(15)5-9(8)13(19-2)20-3/h4-5,13,16H,6-7H2,1-3H3. The van der Waals surface area contributed by atoms with Crippen LogP contribution in [0.15, 0.2) is 12.1 Å². The molecule has 0 radical (unpaired) electrons. The van der Waals surface area contributed by atoms with Crippen LogP contribution in [0.25, 0.3) is 0 Å². The van der Waals surface area contributed by atoms with Crippen molar-refractivity contribution in [3.05, 3.63) is 34.9 Å². The SMILES string of the molecule is COC(=O)CNCc1cc(F)c(F)cc1C(OC)OC. The third-order valence-electron chi connectivity index (χ3n) is 2.68. The number of carbonyl (C=O) groups excluding carboxylic acids is 1. The molecule has 1 rings (SSSR count). The van der Waals surface area contributed by atoms with Crippen LogP contribution in [0.2, 0.25) is 0 Å². The highest BCUT2D eigenvalue weighted by Crippen LogP contribution is 2.24. The van der Waals surface area contributed by atoms with Crippen LogP contribution in [0.1, 0.15) is 17.4 Å². The van der Waals surface area contributed by atoms with Gasteiger partial charge in [0.1, 0.15) is 0 Å². The van der Waals surface area contributed by atoms with E-state index in [1.54, 1.807) is 0 Å². The molecule has 112 valence electrons. The molecular formula is C13H17F2NO4. The first-order chi connectivity index (χ1) is 9.53. The van der Waals surface area contributed by atoms with E-state index >= 15 is 0 Å². The molecule has 0 fully saturated rings. The zero-order valence-electron chi connectivity index (χ0n) is 11.5. The molecule has 1 aromatic rings. The molecule has 0 spiro atoms. The summed E-state index contributed by atoms with van der Waals surface area (Å²) in [4.78, 5) is 11.0.